The summed E-state index contributed by atoms with van der Waals surface area (Å²) < 4.78 is 16.1. The van der Waals surface area contributed by atoms with Gasteiger partial charge in [0.2, 0.25) is 0 Å². The van der Waals surface area contributed by atoms with Crippen LogP contribution in [0.1, 0.15) is 6.92 Å². The van der Waals surface area contributed by atoms with Crippen LogP contribution < -0.4 is 9.47 Å². The molecule has 1 aliphatic heterocycles. The van der Waals surface area contributed by atoms with Crippen molar-refractivity contribution in [3.63, 3.8) is 0 Å². The second-order valence-electron chi connectivity index (χ2n) is 3.90. The predicted octanol–water partition coefficient (Wildman–Crippen LogP) is 2.04. The molecule has 0 amide bonds. The number of carbonyl (C=O) groups is 1. The Bertz CT molecular complexity index is 449. The van der Waals surface area contributed by atoms with Crippen molar-refractivity contribution in [2.75, 3.05) is 25.6 Å². The van der Waals surface area contributed by atoms with Crippen LogP contribution in [0.4, 0.5) is 0 Å². The van der Waals surface area contributed by atoms with Crippen LogP contribution in [0.2, 0.25) is 0 Å². The van der Waals surface area contributed by atoms with Crippen LogP contribution in [0.3, 0.4) is 0 Å². The lowest BCUT2D eigenvalue weighted by atomic mass is 10.3. The first-order valence-corrected chi connectivity index (χ1v) is 7.06. The average molecular weight is 284 g/mol. The van der Waals surface area contributed by atoms with Gasteiger partial charge in [0, 0.05) is 17.3 Å². The van der Waals surface area contributed by atoms with Gasteiger partial charge in [0.15, 0.2) is 17.6 Å². The summed E-state index contributed by atoms with van der Waals surface area (Å²) in [4.78, 5) is 11.9. The molecule has 0 spiro atoms. The molecular formula is C13H16O5S. The number of benzene rings is 1. The number of hydrogen-bond acceptors (Lipinski definition) is 5. The van der Waals surface area contributed by atoms with Crippen LogP contribution in [-0.4, -0.2) is 42.8 Å². The second kappa shape index (κ2) is 6.68. The molecule has 6 heteroatoms. The molecule has 5 nitrogen and oxygen atoms in total. The minimum Gasteiger partial charge on any atom is -0.486 e. The van der Waals surface area contributed by atoms with E-state index >= 15 is 0 Å². The molecule has 0 saturated heterocycles. The van der Waals surface area contributed by atoms with Crippen molar-refractivity contribution in [1.29, 1.82) is 0 Å². The van der Waals surface area contributed by atoms with Gasteiger partial charge < -0.3 is 19.3 Å². The van der Waals surface area contributed by atoms with E-state index in [-0.39, 0.29) is 0 Å². The van der Waals surface area contributed by atoms with E-state index in [0.29, 0.717) is 31.3 Å². The maximum absolute atomic E-state index is 11.0. The van der Waals surface area contributed by atoms with E-state index in [1.54, 1.807) is 6.92 Å². The van der Waals surface area contributed by atoms with Gasteiger partial charge in [0.25, 0.3) is 0 Å². The van der Waals surface area contributed by atoms with E-state index in [1.807, 2.05) is 18.2 Å². The van der Waals surface area contributed by atoms with E-state index < -0.39 is 12.1 Å². The normalized spacial score (nSPS) is 15.0. The first kappa shape index (κ1) is 14.0. The molecule has 0 aliphatic carbocycles. The Morgan fingerprint density at radius 3 is 2.84 bits per heavy atom. The Morgan fingerprint density at radius 2 is 2.16 bits per heavy atom. The standard InChI is InChI=1S/C13H16O5S/c1-2-16-12(13(14)15)8-19-9-3-4-10-11(7-9)18-6-5-17-10/h3-4,7,12H,2,5-6,8H2,1H3,(H,14,15). The topological polar surface area (TPSA) is 65.0 Å². The molecule has 0 bridgehead atoms. The van der Waals surface area contributed by atoms with Gasteiger partial charge in [-0.3, -0.25) is 0 Å². The van der Waals surface area contributed by atoms with Gasteiger partial charge in [-0.25, -0.2) is 4.79 Å². The lowest BCUT2D eigenvalue weighted by molar-refractivity contribution is -0.148. The number of ether oxygens (including phenoxy) is 3. The number of carboxylic acid groups (broad SMARTS) is 1. The zero-order valence-corrected chi connectivity index (χ0v) is 11.4. The summed E-state index contributed by atoms with van der Waals surface area (Å²) in [5.74, 6) is 0.865. The summed E-state index contributed by atoms with van der Waals surface area (Å²) in [6, 6.07) is 5.60. The molecule has 19 heavy (non-hydrogen) atoms. The SMILES string of the molecule is CCOC(CSc1ccc2c(c1)OCCO2)C(=O)O. The van der Waals surface area contributed by atoms with Crippen LogP contribution in [0.5, 0.6) is 11.5 Å². The predicted molar refractivity (Wildman–Crippen MR) is 71.2 cm³/mol. The smallest absolute Gasteiger partial charge is 0.333 e. The fraction of sp³-hybridized carbons (Fsp3) is 0.462. The van der Waals surface area contributed by atoms with Gasteiger partial charge in [-0.2, -0.15) is 0 Å². The van der Waals surface area contributed by atoms with Gasteiger partial charge in [-0.15, -0.1) is 11.8 Å². The van der Waals surface area contributed by atoms with Gasteiger partial charge in [0.1, 0.15) is 13.2 Å². The van der Waals surface area contributed by atoms with Crippen molar-refractivity contribution in [3.8, 4) is 11.5 Å². The molecule has 0 saturated carbocycles. The molecule has 1 N–H and O–H groups in total. The van der Waals surface area contributed by atoms with Crippen molar-refractivity contribution in [3.05, 3.63) is 18.2 Å². The van der Waals surface area contributed by atoms with Crippen LogP contribution in [-0.2, 0) is 9.53 Å². The average Bonchev–Trinajstić information content (AvgIpc) is 2.43. The molecule has 1 aliphatic rings. The number of aliphatic carboxylic acids is 1. The maximum Gasteiger partial charge on any atom is 0.333 e. The summed E-state index contributed by atoms with van der Waals surface area (Å²) in [5, 5.41) is 8.99. The highest BCUT2D eigenvalue weighted by Crippen LogP contribution is 2.34. The first-order chi connectivity index (χ1) is 9.20. The van der Waals surface area contributed by atoms with Crippen molar-refractivity contribution >= 4 is 17.7 Å². The Labute approximate surface area is 115 Å². The molecule has 1 unspecified atom stereocenters. The number of thioether (sulfide) groups is 1. The summed E-state index contributed by atoms with van der Waals surface area (Å²) >= 11 is 1.43. The number of carboxylic acids is 1. The third kappa shape index (κ3) is 3.78. The van der Waals surface area contributed by atoms with E-state index in [4.69, 9.17) is 19.3 Å². The van der Waals surface area contributed by atoms with Crippen LogP contribution >= 0.6 is 11.8 Å². The minimum atomic E-state index is -0.938. The molecule has 2 rings (SSSR count). The molecule has 0 radical (unpaired) electrons. The first-order valence-electron chi connectivity index (χ1n) is 6.07. The molecule has 1 aromatic rings. The Balaban J connectivity index is 1.97. The van der Waals surface area contributed by atoms with Gasteiger partial charge in [0.05, 0.1) is 0 Å². The Kier molecular flexibility index (Phi) is 4.93. The van der Waals surface area contributed by atoms with Crippen molar-refractivity contribution in [2.45, 2.75) is 17.9 Å². The molecule has 1 aromatic carbocycles. The highest BCUT2D eigenvalue weighted by atomic mass is 32.2. The Morgan fingerprint density at radius 1 is 1.42 bits per heavy atom. The summed E-state index contributed by atoms with van der Waals surface area (Å²) in [5.41, 5.74) is 0. The highest BCUT2D eigenvalue weighted by molar-refractivity contribution is 7.99. The lowest BCUT2D eigenvalue weighted by Gasteiger charge is -2.19. The van der Waals surface area contributed by atoms with E-state index in [9.17, 15) is 4.79 Å². The quantitative estimate of drug-likeness (QED) is 0.806. The third-order valence-electron chi connectivity index (χ3n) is 2.56. The van der Waals surface area contributed by atoms with E-state index in [0.717, 1.165) is 10.6 Å². The molecular weight excluding hydrogens is 268 g/mol. The van der Waals surface area contributed by atoms with Crippen LogP contribution in [0.15, 0.2) is 23.1 Å². The summed E-state index contributed by atoms with van der Waals surface area (Å²) in [6.07, 6.45) is -0.789. The van der Waals surface area contributed by atoms with Crippen molar-refractivity contribution in [1.82, 2.24) is 0 Å². The van der Waals surface area contributed by atoms with Crippen molar-refractivity contribution in [2.24, 2.45) is 0 Å². The fourth-order valence-corrected chi connectivity index (χ4v) is 2.61. The second-order valence-corrected chi connectivity index (χ2v) is 4.99. The highest BCUT2D eigenvalue weighted by Gasteiger charge is 2.18. The number of hydrogen-bond donors (Lipinski definition) is 1. The fourth-order valence-electron chi connectivity index (χ4n) is 1.68. The lowest BCUT2D eigenvalue weighted by Crippen LogP contribution is -2.26. The number of fused-ring (bicyclic) bond motifs is 1. The largest absolute Gasteiger partial charge is 0.486 e. The van der Waals surface area contributed by atoms with Gasteiger partial charge >= 0.3 is 5.97 Å². The number of rotatable bonds is 6. The van der Waals surface area contributed by atoms with Gasteiger partial charge in [-0.1, -0.05) is 0 Å². The molecule has 0 fully saturated rings. The zero-order chi connectivity index (χ0) is 13.7. The summed E-state index contributed by atoms with van der Waals surface area (Å²) in [6.45, 7) is 3.27. The molecule has 1 atom stereocenters. The van der Waals surface area contributed by atoms with E-state index in [2.05, 4.69) is 0 Å². The van der Waals surface area contributed by atoms with Crippen LogP contribution in [0.25, 0.3) is 0 Å². The molecule has 0 aromatic heterocycles. The molecule has 104 valence electrons. The van der Waals surface area contributed by atoms with Gasteiger partial charge in [-0.05, 0) is 25.1 Å². The Hall–Kier alpha value is -1.40. The van der Waals surface area contributed by atoms with E-state index in [1.165, 1.54) is 11.8 Å². The molecule has 1 heterocycles. The van der Waals surface area contributed by atoms with Crippen LogP contribution in [0, 0.1) is 0 Å². The van der Waals surface area contributed by atoms with Crippen molar-refractivity contribution < 1.29 is 24.1 Å². The monoisotopic (exact) mass is 284 g/mol. The summed E-state index contributed by atoms with van der Waals surface area (Å²) in [7, 11) is 0. The zero-order valence-electron chi connectivity index (χ0n) is 10.6. The third-order valence-corrected chi connectivity index (χ3v) is 3.61. The maximum atomic E-state index is 11.0. The minimum absolute atomic E-state index is 0.364.